The largest absolute Gasteiger partial charge is 0.457 e. The van der Waals surface area contributed by atoms with Gasteiger partial charge in [-0.3, -0.25) is 24.0 Å². The first-order valence-corrected chi connectivity index (χ1v) is 39.0. The summed E-state index contributed by atoms with van der Waals surface area (Å²) in [6, 6.07) is 111. The lowest BCUT2D eigenvalue weighted by Crippen LogP contribution is -2.01. The highest BCUT2D eigenvalue weighted by molar-refractivity contribution is 7.99. The van der Waals surface area contributed by atoms with E-state index in [4.69, 9.17) is 4.74 Å². The van der Waals surface area contributed by atoms with Crippen molar-refractivity contribution in [3.05, 3.63) is 485 Å². The fourth-order valence-electron chi connectivity index (χ4n) is 10.9. The molecule has 0 aliphatic rings. The molecule has 6 nitrogen and oxygen atoms in total. The first-order chi connectivity index (χ1) is 54.8. The molecule has 0 fully saturated rings. The average molecular weight is 1520 g/mol. The molecule has 0 saturated heterocycles. The van der Waals surface area contributed by atoms with Crippen molar-refractivity contribution in [2.75, 3.05) is 0 Å². The van der Waals surface area contributed by atoms with Crippen molar-refractivity contribution in [3.63, 3.8) is 0 Å². The van der Waals surface area contributed by atoms with Gasteiger partial charge in [0.05, 0.1) is 0 Å². The number of aryl methyl sites for hydroxylation is 14. The van der Waals surface area contributed by atoms with Crippen LogP contribution in [0.25, 0.3) is 12.2 Å². The molecule has 0 saturated carbocycles. The highest BCUT2D eigenvalue weighted by Crippen LogP contribution is 2.28. The number of hydrogen-bond donors (Lipinski definition) is 0. The lowest BCUT2D eigenvalue weighted by atomic mass is 10.0. The summed E-state index contributed by atoms with van der Waals surface area (Å²) in [5.74, 6) is 2.09. The molecule has 0 N–H and O–H groups in total. The van der Waals surface area contributed by atoms with Gasteiger partial charge in [0.1, 0.15) is 11.5 Å². The van der Waals surface area contributed by atoms with Crippen molar-refractivity contribution >= 4 is 52.8 Å². The zero-order chi connectivity index (χ0) is 81.9. The molecule has 114 heavy (non-hydrogen) atoms. The van der Waals surface area contributed by atoms with Crippen LogP contribution in [0.3, 0.4) is 0 Å². The highest BCUT2D eigenvalue weighted by atomic mass is 32.2. The number of ketones is 5. The van der Waals surface area contributed by atoms with Crippen LogP contribution in [0, 0.1) is 96.9 Å². The fraction of sp³-hybridized carbons (Fsp3) is 0.131. The number of carbonyl (C=O) groups excluding carboxylic acids is 5. The molecule has 7 heteroatoms. The summed E-state index contributed by atoms with van der Waals surface area (Å²) in [5.41, 5.74) is 24.8. The van der Waals surface area contributed by atoms with E-state index in [9.17, 15) is 24.0 Å². The first-order valence-electron chi connectivity index (χ1n) is 38.2. The molecule has 14 rings (SSSR count). The molecule has 0 atom stereocenters. The summed E-state index contributed by atoms with van der Waals surface area (Å²) in [4.78, 5) is 62.7. The smallest absolute Gasteiger partial charge is 0.193 e. The lowest BCUT2D eigenvalue weighted by molar-refractivity contribution is 0.103. The van der Waals surface area contributed by atoms with Gasteiger partial charge < -0.3 is 4.74 Å². The Kier molecular flexibility index (Phi) is 34.0. The van der Waals surface area contributed by atoms with Crippen molar-refractivity contribution in [1.29, 1.82) is 0 Å². The zero-order valence-corrected chi connectivity index (χ0v) is 68.8. The van der Waals surface area contributed by atoms with Crippen LogP contribution >= 0.6 is 11.8 Å². The number of allylic oxidation sites excluding steroid dienone is 2. The van der Waals surface area contributed by atoms with Gasteiger partial charge in [0, 0.05) is 54.3 Å². The molecule has 14 aromatic rings. The van der Waals surface area contributed by atoms with Gasteiger partial charge in [-0.05, 0) is 181 Å². The van der Waals surface area contributed by atoms with E-state index in [0.717, 1.165) is 89.4 Å². The molecule has 0 unspecified atom stereocenters. The molecule has 0 heterocycles. The van der Waals surface area contributed by atoms with Gasteiger partial charge in [0.15, 0.2) is 28.9 Å². The molecule has 572 valence electrons. The van der Waals surface area contributed by atoms with Crippen molar-refractivity contribution in [1.82, 2.24) is 0 Å². The van der Waals surface area contributed by atoms with Crippen LogP contribution in [0.2, 0.25) is 0 Å². The molecule has 0 bridgehead atoms. The second kappa shape index (κ2) is 44.8. The summed E-state index contributed by atoms with van der Waals surface area (Å²) in [5, 5.41) is 0. The summed E-state index contributed by atoms with van der Waals surface area (Å²) >= 11 is 1.80. The second-order valence-corrected chi connectivity index (χ2v) is 29.7. The molecule has 0 aromatic heterocycles. The summed E-state index contributed by atoms with van der Waals surface area (Å²) < 4.78 is 5.69. The van der Waals surface area contributed by atoms with E-state index < -0.39 is 0 Å². The third-order valence-corrected chi connectivity index (χ3v) is 19.1. The average Bonchev–Trinajstić information content (AvgIpc) is 0.852. The van der Waals surface area contributed by atoms with Crippen molar-refractivity contribution in [2.45, 2.75) is 107 Å². The Hall–Kier alpha value is -12.9. The van der Waals surface area contributed by atoms with E-state index >= 15 is 0 Å². The maximum atomic E-state index is 12.1. The quantitative estimate of drug-likeness (QED) is 0.0702. The molecule has 0 aliphatic heterocycles. The van der Waals surface area contributed by atoms with Gasteiger partial charge in [-0.2, -0.15) is 0 Å². The number of ether oxygens (including phenoxy) is 1. The van der Waals surface area contributed by atoms with Crippen LogP contribution in [0.1, 0.15) is 157 Å². The standard InChI is InChI=1S/2C17H16O.3C15H14O.C14H14O.C14H14S/c2*1-13-3-7-15(8-4-13)9-12-17(18)16-10-5-14(2)6-11-16;1-11-3-7-13(8-4-11)15(16)14-9-5-12(2)6-10-14;2*1-11-6-8-13(9-7-11)15(16)14-5-3-4-12(2)10-14;2*1-11-3-7-13(8-4-11)15-14-9-5-12(2)6-10-14/h2*3-12H,1-2H3;3*3-10H,1-2H3;2*3-10H,1-2H3. The van der Waals surface area contributed by atoms with E-state index in [2.05, 4.69) is 76.2 Å². The SMILES string of the molecule is Cc1ccc(C(=O)c2ccc(C)cc2)cc1.Cc1ccc(C(=O)c2cccc(C)c2)cc1.Cc1ccc(C(=O)c2cccc(C)c2)cc1.Cc1ccc(C=CC(=O)c2ccc(C)cc2)cc1.Cc1ccc(C=CC(=O)c2ccc(C)cc2)cc1.Cc1ccc(Oc2ccc(C)cc2)cc1.Cc1ccc(Sc2ccc(C)cc2)cc1. The van der Waals surface area contributed by atoms with Crippen molar-refractivity contribution in [3.8, 4) is 11.5 Å². The predicted molar refractivity (Wildman–Crippen MR) is 478 cm³/mol. The Balaban J connectivity index is 0.000000167. The van der Waals surface area contributed by atoms with Crippen LogP contribution < -0.4 is 4.74 Å². The van der Waals surface area contributed by atoms with Crippen molar-refractivity contribution in [2.24, 2.45) is 0 Å². The van der Waals surface area contributed by atoms with E-state index in [0.29, 0.717) is 0 Å². The normalized spacial score (nSPS) is 10.3. The Morgan fingerprint density at radius 2 is 0.412 bits per heavy atom. The Bertz CT molecular complexity index is 5000. The van der Waals surface area contributed by atoms with Gasteiger partial charge in [-0.15, -0.1) is 0 Å². The molecule has 0 spiro atoms. The highest BCUT2D eigenvalue weighted by Gasteiger charge is 2.12. The van der Waals surface area contributed by atoms with Gasteiger partial charge in [-0.1, -0.05) is 381 Å². The van der Waals surface area contributed by atoms with E-state index in [-0.39, 0.29) is 28.9 Å². The third-order valence-electron chi connectivity index (χ3n) is 18.1. The van der Waals surface area contributed by atoms with Crippen molar-refractivity contribution < 1.29 is 28.7 Å². The maximum Gasteiger partial charge on any atom is 0.193 e. The maximum absolute atomic E-state index is 12.1. The summed E-state index contributed by atoms with van der Waals surface area (Å²) in [7, 11) is 0. The minimum atomic E-state index is 0.0376. The first kappa shape index (κ1) is 86.7. The molecular formula is C107H102O6S. The monoisotopic (exact) mass is 1510 g/mol. The molecule has 0 radical (unpaired) electrons. The van der Waals surface area contributed by atoms with E-state index in [1.165, 1.54) is 65.4 Å². The third kappa shape index (κ3) is 30.4. The Morgan fingerprint density at radius 1 is 0.211 bits per heavy atom. The van der Waals surface area contributed by atoms with Crippen LogP contribution in [0.4, 0.5) is 0 Å². The van der Waals surface area contributed by atoms with Crippen LogP contribution in [0.5, 0.6) is 11.5 Å². The second-order valence-electron chi connectivity index (χ2n) is 28.6. The lowest BCUT2D eigenvalue weighted by Gasteiger charge is -2.05. The number of rotatable bonds is 16. The van der Waals surface area contributed by atoms with Gasteiger partial charge in [0.25, 0.3) is 0 Å². The molecule has 0 amide bonds. The minimum absolute atomic E-state index is 0.0376. The topological polar surface area (TPSA) is 94.6 Å². The van der Waals surface area contributed by atoms with Crippen LogP contribution in [-0.2, 0) is 0 Å². The predicted octanol–water partition coefficient (Wildman–Crippen LogP) is 27.6. The van der Waals surface area contributed by atoms with Gasteiger partial charge >= 0.3 is 0 Å². The molecule has 0 aliphatic carbocycles. The number of benzene rings is 14. The molecule has 14 aromatic carbocycles. The van der Waals surface area contributed by atoms with Gasteiger partial charge in [0.2, 0.25) is 0 Å². The number of carbonyl (C=O) groups is 5. The van der Waals surface area contributed by atoms with Gasteiger partial charge in [-0.25, -0.2) is 0 Å². The minimum Gasteiger partial charge on any atom is -0.457 e. The molecular weight excluding hydrogens is 1410 g/mol. The number of hydrogen-bond acceptors (Lipinski definition) is 7. The Labute approximate surface area is 680 Å². The summed E-state index contributed by atoms with van der Waals surface area (Å²) in [6.45, 7) is 28.5. The zero-order valence-electron chi connectivity index (χ0n) is 68.0. The van der Waals surface area contributed by atoms with Crippen LogP contribution in [0.15, 0.2) is 362 Å². The van der Waals surface area contributed by atoms with E-state index in [1.54, 1.807) is 23.9 Å². The fourth-order valence-corrected chi connectivity index (χ4v) is 11.7. The van der Waals surface area contributed by atoms with Crippen LogP contribution in [-0.4, -0.2) is 28.9 Å². The Morgan fingerprint density at radius 3 is 0.649 bits per heavy atom. The van der Waals surface area contributed by atoms with E-state index in [1.807, 2.05) is 373 Å². The summed E-state index contributed by atoms with van der Waals surface area (Å²) in [6.07, 6.45) is 6.94.